The number of hydrogen-bond acceptors (Lipinski definition) is 4. The van der Waals surface area contributed by atoms with Gasteiger partial charge in [0.2, 0.25) is 0 Å². The van der Waals surface area contributed by atoms with Crippen LogP contribution in [0.2, 0.25) is 39.3 Å². The van der Waals surface area contributed by atoms with Gasteiger partial charge in [0.25, 0.3) is 0 Å². The highest BCUT2D eigenvalue weighted by Crippen LogP contribution is 2.25. The summed E-state index contributed by atoms with van der Waals surface area (Å²) in [5, 5.41) is 0. The van der Waals surface area contributed by atoms with E-state index in [4.69, 9.17) is 13.6 Å². The molecule has 0 saturated heterocycles. The first-order chi connectivity index (χ1) is 12.5. The number of ether oxygens (including phenoxy) is 1. The molecule has 0 amide bonds. The summed E-state index contributed by atoms with van der Waals surface area (Å²) in [6.45, 7) is 17.1. The van der Waals surface area contributed by atoms with Crippen LogP contribution in [-0.2, 0) is 13.6 Å². The molecule has 0 aromatic heterocycles. The van der Waals surface area contributed by atoms with Crippen molar-refractivity contribution >= 4 is 22.6 Å². The van der Waals surface area contributed by atoms with Gasteiger partial charge in [-0.2, -0.15) is 0 Å². The lowest BCUT2D eigenvalue weighted by Crippen LogP contribution is -2.51. The standard InChI is InChI=1S/C21H37O4Si2/c1-9-14-19(24-26(3,4)5)20(25-27(6,7)8)18(10-2)23-21(22)17-15-12-11-13-16-17/h11-16,18-20H,9-10H2,1-8H3/t18-,19-,20-/m1/s1. The van der Waals surface area contributed by atoms with Gasteiger partial charge in [0.1, 0.15) is 12.2 Å². The van der Waals surface area contributed by atoms with Gasteiger partial charge < -0.3 is 13.6 Å². The summed E-state index contributed by atoms with van der Waals surface area (Å²) < 4.78 is 18.9. The second-order valence-electron chi connectivity index (χ2n) is 8.75. The van der Waals surface area contributed by atoms with Crippen LogP contribution < -0.4 is 0 Å². The van der Waals surface area contributed by atoms with Crippen molar-refractivity contribution in [3.63, 3.8) is 0 Å². The van der Waals surface area contributed by atoms with Gasteiger partial charge in [-0.05, 0) is 64.3 Å². The minimum absolute atomic E-state index is 0.179. The quantitative estimate of drug-likeness (QED) is 0.348. The molecule has 27 heavy (non-hydrogen) atoms. The molecule has 0 aliphatic rings. The molecule has 153 valence electrons. The van der Waals surface area contributed by atoms with Crippen molar-refractivity contribution in [3.05, 3.63) is 42.3 Å². The first-order valence-corrected chi connectivity index (χ1v) is 16.7. The maximum Gasteiger partial charge on any atom is 0.338 e. The molecule has 3 atom stereocenters. The zero-order valence-electron chi connectivity index (χ0n) is 18.2. The Kier molecular flexibility index (Phi) is 9.41. The van der Waals surface area contributed by atoms with Crippen molar-refractivity contribution in [3.8, 4) is 0 Å². The van der Waals surface area contributed by atoms with E-state index in [9.17, 15) is 4.79 Å². The molecule has 0 unspecified atom stereocenters. The molecule has 0 N–H and O–H groups in total. The van der Waals surface area contributed by atoms with E-state index in [1.54, 1.807) is 12.1 Å². The molecule has 1 aromatic carbocycles. The van der Waals surface area contributed by atoms with E-state index in [1.165, 1.54) is 0 Å². The van der Waals surface area contributed by atoms with Crippen LogP contribution in [0.25, 0.3) is 0 Å². The van der Waals surface area contributed by atoms with E-state index < -0.39 is 16.6 Å². The van der Waals surface area contributed by atoms with Gasteiger partial charge in [-0.3, -0.25) is 0 Å². The fourth-order valence-corrected chi connectivity index (χ4v) is 4.96. The molecule has 0 fully saturated rings. The number of rotatable bonds is 11. The normalized spacial score (nSPS) is 15.9. The average Bonchev–Trinajstić information content (AvgIpc) is 2.56. The Morgan fingerprint density at radius 3 is 1.96 bits per heavy atom. The predicted molar refractivity (Wildman–Crippen MR) is 117 cm³/mol. The number of hydrogen-bond donors (Lipinski definition) is 0. The lowest BCUT2D eigenvalue weighted by Gasteiger charge is -2.39. The molecule has 0 bridgehead atoms. The summed E-state index contributed by atoms with van der Waals surface area (Å²) in [4.78, 5) is 12.6. The van der Waals surface area contributed by atoms with Gasteiger partial charge in [-0.25, -0.2) is 4.79 Å². The lowest BCUT2D eigenvalue weighted by molar-refractivity contribution is -0.0486. The second kappa shape index (κ2) is 10.6. The molecular formula is C21H37O4Si2. The predicted octanol–water partition coefficient (Wildman–Crippen LogP) is 5.68. The first-order valence-electron chi connectivity index (χ1n) is 9.91. The number of carbonyl (C=O) groups is 1. The SMILES string of the molecule is CC[CH][C@@H](O[Si](C)(C)C)[C@H](O[Si](C)(C)C)[C@@H](CC)OC(=O)c1ccccc1. The van der Waals surface area contributed by atoms with Crippen molar-refractivity contribution in [2.75, 3.05) is 0 Å². The molecule has 4 nitrogen and oxygen atoms in total. The molecule has 1 rings (SSSR count). The Bertz CT molecular complexity index is 564. The molecule has 0 heterocycles. The van der Waals surface area contributed by atoms with Gasteiger partial charge in [0.15, 0.2) is 16.6 Å². The van der Waals surface area contributed by atoms with Crippen molar-refractivity contribution in [2.24, 2.45) is 0 Å². The Morgan fingerprint density at radius 1 is 0.963 bits per heavy atom. The maximum atomic E-state index is 12.6. The highest BCUT2D eigenvalue weighted by Gasteiger charge is 2.38. The fraction of sp³-hybridized carbons (Fsp3) is 0.619. The Hall–Kier alpha value is -0.956. The van der Waals surface area contributed by atoms with Gasteiger partial charge >= 0.3 is 5.97 Å². The molecule has 6 heteroatoms. The summed E-state index contributed by atoms with van der Waals surface area (Å²) in [5.74, 6) is -0.310. The number of benzene rings is 1. The monoisotopic (exact) mass is 409 g/mol. The van der Waals surface area contributed by atoms with Crippen LogP contribution in [-0.4, -0.2) is 40.9 Å². The molecule has 1 aromatic rings. The third-order valence-corrected chi connectivity index (χ3v) is 5.77. The molecule has 0 aliphatic carbocycles. The van der Waals surface area contributed by atoms with E-state index >= 15 is 0 Å². The van der Waals surface area contributed by atoms with Crippen LogP contribution in [0, 0.1) is 6.42 Å². The van der Waals surface area contributed by atoms with Gasteiger partial charge in [-0.15, -0.1) is 0 Å². The summed E-state index contributed by atoms with van der Waals surface area (Å²) in [7, 11) is -3.67. The highest BCUT2D eigenvalue weighted by molar-refractivity contribution is 6.70. The lowest BCUT2D eigenvalue weighted by atomic mass is 10.0. The summed E-state index contributed by atoms with van der Waals surface area (Å²) in [5.41, 5.74) is 0.560. The van der Waals surface area contributed by atoms with Crippen LogP contribution in [0.5, 0.6) is 0 Å². The van der Waals surface area contributed by atoms with Gasteiger partial charge in [0, 0.05) is 0 Å². The summed E-state index contributed by atoms with van der Waals surface area (Å²) in [6.07, 6.45) is 2.89. The Labute approximate surface area is 167 Å². The topological polar surface area (TPSA) is 44.8 Å². The fourth-order valence-electron chi connectivity index (χ4n) is 2.82. The van der Waals surface area contributed by atoms with Crippen molar-refractivity contribution in [1.29, 1.82) is 0 Å². The van der Waals surface area contributed by atoms with Gasteiger partial charge in [-0.1, -0.05) is 38.5 Å². The average molecular weight is 410 g/mol. The van der Waals surface area contributed by atoms with Gasteiger partial charge in [0.05, 0.1) is 11.7 Å². The molecule has 0 saturated carbocycles. The van der Waals surface area contributed by atoms with Crippen molar-refractivity contribution in [1.82, 2.24) is 0 Å². The third-order valence-electron chi connectivity index (χ3n) is 3.81. The van der Waals surface area contributed by atoms with E-state index in [-0.39, 0.29) is 24.3 Å². The zero-order valence-corrected chi connectivity index (χ0v) is 20.2. The van der Waals surface area contributed by atoms with Crippen LogP contribution >= 0.6 is 0 Å². The highest BCUT2D eigenvalue weighted by atomic mass is 28.4. The van der Waals surface area contributed by atoms with E-state index in [0.717, 1.165) is 6.42 Å². The number of esters is 1. The first kappa shape index (κ1) is 24.1. The Morgan fingerprint density at radius 2 is 1.52 bits per heavy atom. The van der Waals surface area contributed by atoms with Crippen LogP contribution in [0.4, 0.5) is 0 Å². The number of carbonyl (C=O) groups excluding carboxylic acids is 1. The minimum Gasteiger partial charge on any atom is -0.456 e. The summed E-state index contributed by atoms with van der Waals surface area (Å²) in [6, 6.07) is 9.12. The third kappa shape index (κ3) is 9.19. The maximum absolute atomic E-state index is 12.6. The van der Waals surface area contributed by atoms with E-state index in [1.807, 2.05) is 25.1 Å². The van der Waals surface area contributed by atoms with Crippen molar-refractivity contribution < 1.29 is 18.4 Å². The second-order valence-corrected chi connectivity index (χ2v) is 17.7. The van der Waals surface area contributed by atoms with Crippen LogP contribution in [0.15, 0.2) is 30.3 Å². The van der Waals surface area contributed by atoms with Crippen LogP contribution in [0.3, 0.4) is 0 Å². The van der Waals surface area contributed by atoms with E-state index in [2.05, 4.69) is 52.6 Å². The zero-order chi connectivity index (χ0) is 20.7. The Balaban J connectivity index is 3.10. The smallest absolute Gasteiger partial charge is 0.338 e. The van der Waals surface area contributed by atoms with Crippen LogP contribution in [0.1, 0.15) is 37.0 Å². The minimum atomic E-state index is -1.87. The molecule has 0 spiro atoms. The molecular weight excluding hydrogens is 372 g/mol. The summed E-state index contributed by atoms with van der Waals surface area (Å²) >= 11 is 0. The van der Waals surface area contributed by atoms with E-state index in [0.29, 0.717) is 12.0 Å². The largest absolute Gasteiger partial charge is 0.456 e. The van der Waals surface area contributed by atoms with Crippen molar-refractivity contribution in [2.45, 2.75) is 84.3 Å². The molecule has 1 radical (unpaired) electrons. The molecule has 0 aliphatic heterocycles.